The van der Waals surface area contributed by atoms with E-state index in [1.807, 2.05) is 31.2 Å². The molecule has 28 heavy (non-hydrogen) atoms. The second-order valence-electron chi connectivity index (χ2n) is 7.73. The average molecular weight is 379 g/mol. The molecule has 0 spiro atoms. The molecule has 5 heteroatoms. The highest BCUT2D eigenvalue weighted by Crippen LogP contribution is 2.44. The van der Waals surface area contributed by atoms with Crippen molar-refractivity contribution in [1.29, 1.82) is 0 Å². The summed E-state index contributed by atoms with van der Waals surface area (Å²) in [5.74, 6) is -0.725. The molecule has 2 aromatic rings. The number of fused-ring (bicyclic) bond motifs is 3. The quantitative estimate of drug-likeness (QED) is 0.849. The van der Waals surface area contributed by atoms with Gasteiger partial charge in [0.25, 0.3) is 0 Å². The molecule has 1 N–H and O–H groups in total. The summed E-state index contributed by atoms with van der Waals surface area (Å²) in [6.07, 6.45) is 1.18. The first-order valence-corrected chi connectivity index (χ1v) is 9.89. The SMILES string of the molecule is CCC1(C(=O)O)CCN(C(=O)OCC2c3ccccc3-c3ccccc32)CC1. The van der Waals surface area contributed by atoms with Gasteiger partial charge in [-0.15, -0.1) is 0 Å². The standard InChI is InChI=1S/C23H25NO4/c1-2-23(21(25)26)11-13-24(14-12-23)22(27)28-15-20-18-9-5-3-7-16(18)17-8-4-6-10-19(17)20/h3-10,20H,2,11-15H2,1H3,(H,25,26). The van der Waals surface area contributed by atoms with Crippen molar-refractivity contribution in [2.24, 2.45) is 5.41 Å². The molecule has 2 aromatic carbocycles. The molecule has 1 fully saturated rings. The Bertz CT molecular complexity index is 853. The number of carboxylic acids is 1. The van der Waals surface area contributed by atoms with Crippen molar-refractivity contribution < 1.29 is 19.4 Å². The Balaban J connectivity index is 1.43. The second-order valence-corrected chi connectivity index (χ2v) is 7.73. The second kappa shape index (κ2) is 7.30. The number of hydrogen-bond acceptors (Lipinski definition) is 3. The van der Waals surface area contributed by atoms with Gasteiger partial charge in [0.05, 0.1) is 5.41 Å². The molecule has 0 atom stereocenters. The lowest BCUT2D eigenvalue weighted by Gasteiger charge is -2.37. The molecule has 2 aliphatic rings. The smallest absolute Gasteiger partial charge is 0.409 e. The Morgan fingerprint density at radius 2 is 1.57 bits per heavy atom. The van der Waals surface area contributed by atoms with Gasteiger partial charge in [-0.2, -0.15) is 0 Å². The Morgan fingerprint density at radius 3 is 2.07 bits per heavy atom. The maximum atomic E-state index is 12.6. The summed E-state index contributed by atoms with van der Waals surface area (Å²) in [5, 5.41) is 9.51. The van der Waals surface area contributed by atoms with Gasteiger partial charge in [-0.3, -0.25) is 4.79 Å². The van der Waals surface area contributed by atoms with Gasteiger partial charge < -0.3 is 14.7 Å². The van der Waals surface area contributed by atoms with Crippen LogP contribution in [0.2, 0.25) is 0 Å². The van der Waals surface area contributed by atoms with Crippen molar-refractivity contribution in [2.45, 2.75) is 32.1 Å². The Labute approximate surface area is 164 Å². The molecule has 0 bridgehead atoms. The number of rotatable bonds is 4. The number of hydrogen-bond donors (Lipinski definition) is 1. The summed E-state index contributed by atoms with van der Waals surface area (Å²) < 4.78 is 5.68. The minimum Gasteiger partial charge on any atom is -0.481 e. The lowest BCUT2D eigenvalue weighted by atomic mass is 9.76. The van der Waals surface area contributed by atoms with Crippen LogP contribution in [0.3, 0.4) is 0 Å². The van der Waals surface area contributed by atoms with E-state index >= 15 is 0 Å². The van der Waals surface area contributed by atoms with Crippen molar-refractivity contribution in [1.82, 2.24) is 4.90 Å². The van der Waals surface area contributed by atoms with Gasteiger partial charge in [-0.25, -0.2) is 4.79 Å². The van der Waals surface area contributed by atoms with E-state index in [-0.39, 0.29) is 12.0 Å². The van der Waals surface area contributed by atoms with Gasteiger partial charge in [-0.1, -0.05) is 55.5 Å². The summed E-state index contributed by atoms with van der Waals surface area (Å²) in [7, 11) is 0. The fourth-order valence-electron chi connectivity index (χ4n) is 4.52. The normalized spacial score (nSPS) is 17.7. The summed E-state index contributed by atoms with van der Waals surface area (Å²) in [6, 6.07) is 16.5. The third kappa shape index (κ3) is 3.05. The molecule has 0 saturated carbocycles. The third-order valence-electron chi connectivity index (χ3n) is 6.45. The number of benzene rings is 2. The Kier molecular flexibility index (Phi) is 4.84. The summed E-state index contributed by atoms with van der Waals surface area (Å²) in [4.78, 5) is 25.8. The predicted molar refractivity (Wildman–Crippen MR) is 106 cm³/mol. The molecule has 0 aromatic heterocycles. The van der Waals surface area contributed by atoms with E-state index in [2.05, 4.69) is 24.3 Å². The number of amides is 1. The highest BCUT2D eigenvalue weighted by Gasteiger charge is 2.41. The number of carbonyl (C=O) groups is 2. The van der Waals surface area contributed by atoms with E-state index in [4.69, 9.17) is 4.74 Å². The van der Waals surface area contributed by atoms with E-state index in [1.54, 1.807) is 4.90 Å². The molecule has 1 heterocycles. The molecule has 5 nitrogen and oxygen atoms in total. The number of carboxylic acid groups (broad SMARTS) is 1. The summed E-state index contributed by atoms with van der Waals surface area (Å²) in [6.45, 7) is 3.05. The zero-order valence-corrected chi connectivity index (χ0v) is 16.1. The first-order chi connectivity index (χ1) is 13.6. The maximum absolute atomic E-state index is 12.6. The molecule has 0 radical (unpaired) electrons. The van der Waals surface area contributed by atoms with Gasteiger partial charge in [0.2, 0.25) is 0 Å². The molecule has 0 unspecified atom stereocenters. The van der Waals surface area contributed by atoms with Crippen LogP contribution in [-0.2, 0) is 9.53 Å². The number of aliphatic carboxylic acids is 1. The van der Waals surface area contributed by atoms with Gasteiger partial charge in [0, 0.05) is 19.0 Å². The third-order valence-corrected chi connectivity index (χ3v) is 6.45. The fraction of sp³-hybridized carbons (Fsp3) is 0.391. The van der Waals surface area contributed by atoms with Gasteiger partial charge in [-0.05, 0) is 41.5 Å². The fourth-order valence-corrected chi connectivity index (χ4v) is 4.52. The minimum atomic E-state index is -0.762. The van der Waals surface area contributed by atoms with Crippen LogP contribution in [0.15, 0.2) is 48.5 Å². The van der Waals surface area contributed by atoms with Crippen LogP contribution in [0.25, 0.3) is 11.1 Å². The zero-order valence-electron chi connectivity index (χ0n) is 16.1. The lowest BCUT2D eigenvalue weighted by molar-refractivity contribution is -0.152. The number of piperidine rings is 1. The maximum Gasteiger partial charge on any atom is 0.409 e. The number of nitrogens with zero attached hydrogens (tertiary/aromatic N) is 1. The minimum absolute atomic E-state index is 0.0369. The van der Waals surface area contributed by atoms with Crippen molar-refractivity contribution in [2.75, 3.05) is 19.7 Å². The molecular formula is C23H25NO4. The van der Waals surface area contributed by atoms with Crippen LogP contribution >= 0.6 is 0 Å². The number of likely N-dealkylation sites (tertiary alicyclic amines) is 1. The van der Waals surface area contributed by atoms with E-state index in [1.165, 1.54) is 22.3 Å². The van der Waals surface area contributed by atoms with E-state index in [9.17, 15) is 14.7 Å². The van der Waals surface area contributed by atoms with Gasteiger partial charge in [0.15, 0.2) is 0 Å². The monoisotopic (exact) mass is 379 g/mol. The van der Waals surface area contributed by atoms with Crippen LogP contribution in [0.1, 0.15) is 43.2 Å². The largest absolute Gasteiger partial charge is 0.481 e. The first-order valence-electron chi connectivity index (χ1n) is 9.89. The van der Waals surface area contributed by atoms with Crippen LogP contribution in [0.5, 0.6) is 0 Å². The average Bonchev–Trinajstić information content (AvgIpc) is 3.06. The van der Waals surface area contributed by atoms with Gasteiger partial charge in [0.1, 0.15) is 6.61 Å². The van der Waals surface area contributed by atoms with Crippen LogP contribution < -0.4 is 0 Å². The van der Waals surface area contributed by atoms with Crippen molar-refractivity contribution in [3.05, 3.63) is 59.7 Å². The molecule has 1 amide bonds. The zero-order chi connectivity index (χ0) is 19.7. The Hall–Kier alpha value is -2.82. The van der Waals surface area contributed by atoms with Crippen LogP contribution in [0, 0.1) is 5.41 Å². The van der Waals surface area contributed by atoms with E-state index in [0.29, 0.717) is 39.0 Å². The number of ether oxygens (including phenoxy) is 1. The molecule has 1 aliphatic heterocycles. The summed E-state index contributed by atoms with van der Waals surface area (Å²) in [5.41, 5.74) is 4.06. The molecule has 1 aliphatic carbocycles. The van der Waals surface area contributed by atoms with Crippen molar-refractivity contribution >= 4 is 12.1 Å². The molecule has 146 valence electrons. The molecule has 1 saturated heterocycles. The highest BCUT2D eigenvalue weighted by atomic mass is 16.6. The molecular weight excluding hydrogens is 354 g/mol. The first kappa shape index (κ1) is 18.5. The van der Waals surface area contributed by atoms with Gasteiger partial charge >= 0.3 is 12.1 Å². The van der Waals surface area contributed by atoms with Crippen molar-refractivity contribution in [3.63, 3.8) is 0 Å². The van der Waals surface area contributed by atoms with Crippen LogP contribution in [0.4, 0.5) is 4.79 Å². The van der Waals surface area contributed by atoms with E-state index < -0.39 is 11.4 Å². The van der Waals surface area contributed by atoms with E-state index in [0.717, 1.165) is 0 Å². The Morgan fingerprint density at radius 1 is 1.04 bits per heavy atom. The predicted octanol–water partition coefficient (Wildman–Crippen LogP) is 4.51. The lowest BCUT2D eigenvalue weighted by Crippen LogP contribution is -2.46. The topological polar surface area (TPSA) is 66.8 Å². The van der Waals surface area contributed by atoms with Crippen molar-refractivity contribution in [3.8, 4) is 11.1 Å². The van der Waals surface area contributed by atoms with Crippen LogP contribution in [-0.4, -0.2) is 41.8 Å². The number of carbonyl (C=O) groups excluding carboxylic acids is 1. The molecule has 4 rings (SSSR count). The highest BCUT2D eigenvalue weighted by molar-refractivity contribution is 5.79. The summed E-state index contributed by atoms with van der Waals surface area (Å²) >= 11 is 0.